The monoisotopic (exact) mass is 294 g/mol. The molecule has 0 atom stereocenters. The molecule has 0 saturated carbocycles. The van der Waals surface area contributed by atoms with Crippen molar-refractivity contribution in [1.82, 2.24) is 9.78 Å². The summed E-state index contributed by atoms with van der Waals surface area (Å²) in [4.78, 5) is 0. The van der Waals surface area contributed by atoms with E-state index in [0.29, 0.717) is 17.4 Å². The maximum absolute atomic E-state index is 9.37. The lowest BCUT2D eigenvalue weighted by molar-refractivity contribution is 0.254. The summed E-state index contributed by atoms with van der Waals surface area (Å²) in [6.07, 6.45) is 0.791. The first-order valence-electron chi connectivity index (χ1n) is 6.60. The quantitative estimate of drug-likeness (QED) is 0.922. The van der Waals surface area contributed by atoms with E-state index in [1.54, 1.807) is 4.68 Å². The van der Waals surface area contributed by atoms with Crippen molar-refractivity contribution < 1.29 is 9.84 Å². The number of ether oxygens (including phenoxy) is 1. The number of para-hydroxylation sites is 1. The number of halogens is 1. The summed E-state index contributed by atoms with van der Waals surface area (Å²) in [5, 5.41) is 14.4. The number of aliphatic hydroxyl groups is 1. The van der Waals surface area contributed by atoms with Crippen molar-refractivity contribution in [1.29, 1.82) is 0 Å². The third kappa shape index (κ3) is 2.81. The van der Waals surface area contributed by atoms with Crippen LogP contribution in [0.3, 0.4) is 0 Å². The average molecular weight is 295 g/mol. The zero-order valence-electron chi connectivity index (χ0n) is 12.0. The first kappa shape index (κ1) is 14.9. The standard InChI is InChI=1S/C15H19ClN2O2/c1-4-12-14(16)13(18(3)17-12)9-20-15-10(2)6-5-7-11(15)8-19/h5-7,19H,4,8-9H2,1-3H3. The van der Waals surface area contributed by atoms with E-state index in [-0.39, 0.29) is 6.61 Å². The van der Waals surface area contributed by atoms with E-state index in [1.807, 2.05) is 39.1 Å². The maximum atomic E-state index is 9.37. The van der Waals surface area contributed by atoms with Crippen LogP contribution in [0.2, 0.25) is 5.02 Å². The highest BCUT2D eigenvalue weighted by Crippen LogP contribution is 2.27. The lowest BCUT2D eigenvalue weighted by Gasteiger charge is -2.13. The highest BCUT2D eigenvalue weighted by molar-refractivity contribution is 6.31. The molecule has 0 radical (unpaired) electrons. The van der Waals surface area contributed by atoms with Gasteiger partial charge in [0.05, 0.1) is 23.0 Å². The van der Waals surface area contributed by atoms with Gasteiger partial charge in [-0.1, -0.05) is 36.7 Å². The van der Waals surface area contributed by atoms with Crippen molar-refractivity contribution in [2.75, 3.05) is 0 Å². The van der Waals surface area contributed by atoms with Crippen LogP contribution in [-0.2, 0) is 26.7 Å². The van der Waals surface area contributed by atoms with Crippen LogP contribution < -0.4 is 4.74 Å². The lowest BCUT2D eigenvalue weighted by Crippen LogP contribution is -2.06. The van der Waals surface area contributed by atoms with Crippen LogP contribution in [0.1, 0.15) is 29.4 Å². The molecule has 20 heavy (non-hydrogen) atoms. The predicted molar refractivity (Wildman–Crippen MR) is 79.0 cm³/mol. The molecule has 1 N–H and O–H groups in total. The fourth-order valence-corrected chi connectivity index (χ4v) is 2.51. The number of nitrogens with zero attached hydrogens (tertiary/aromatic N) is 2. The average Bonchev–Trinajstić information content (AvgIpc) is 2.72. The SMILES string of the molecule is CCc1nn(C)c(COc2c(C)cccc2CO)c1Cl. The van der Waals surface area contributed by atoms with Gasteiger partial charge in [0.2, 0.25) is 0 Å². The maximum Gasteiger partial charge on any atom is 0.131 e. The molecule has 0 aliphatic heterocycles. The van der Waals surface area contributed by atoms with Crippen molar-refractivity contribution in [3.8, 4) is 5.75 Å². The molecule has 1 aromatic carbocycles. The van der Waals surface area contributed by atoms with Gasteiger partial charge in [0.1, 0.15) is 12.4 Å². The van der Waals surface area contributed by atoms with E-state index in [0.717, 1.165) is 28.9 Å². The van der Waals surface area contributed by atoms with Gasteiger partial charge >= 0.3 is 0 Å². The number of aryl methyl sites for hydroxylation is 3. The molecule has 5 heteroatoms. The molecular formula is C15H19ClN2O2. The predicted octanol–water partition coefficient (Wildman–Crippen LogP) is 3.02. The smallest absolute Gasteiger partial charge is 0.131 e. The van der Waals surface area contributed by atoms with Crippen molar-refractivity contribution >= 4 is 11.6 Å². The Labute approximate surface area is 123 Å². The molecule has 0 aliphatic carbocycles. The molecule has 0 saturated heterocycles. The molecule has 2 aromatic rings. The van der Waals surface area contributed by atoms with Gasteiger partial charge in [0.25, 0.3) is 0 Å². The Morgan fingerprint density at radius 3 is 2.75 bits per heavy atom. The molecule has 108 valence electrons. The Bertz CT molecular complexity index is 608. The minimum absolute atomic E-state index is 0.0453. The second-order valence-electron chi connectivity index (χ2n) is 4.69. The summed E-state index contributed by atoms with van der Waals surface area (Å²) in [5.74, 6) is 0.713. The number of aliphatic hydroxyl groups excluding tert-OH is 1. The highest BCUT2D eigenvalue weighted by Gasteiger charge is 2.14. The number of aromatic nitrogens is 2. The van der Waals surface area contributed by atoms with Crippen molar-refractivity contribution in [3.05, 3.63) is 45.7 Å². The van der Waals surface area contributed by atoms with E-state index in [4.69, 9.17) is 16.3 Å². The van der Waals surface area contributed by atoms with Crippen molar-refractivity contribution in [3.63, 3.8) is 0 Å². The third-order valence-electron chi connectivity index (χ3n) is 3.32. The van der Waals surface area contributed by atoms with Gasteiger partial charge in [-0.3, -0.25) is 4.68 Å². The zero-order valence-corrected chi connectivity index (χ0v) is 12.7. The van der Waals surface area contributed by atoms with Gasteiger partial charge in [-0.15, -0.1) is 0 Å². The number of hydrogen-bond donors (Lipinski definition) is 1. The van der Waals surface area contributed by atoms with E-state index in [9.17, 15) is 5.11 Å². The number of hydrogen-bond acceptors (Lipinski definition) is 3. The van der Waals surface area contributed by atoms with Gasteiger partial charge < -0.3 is 9.84 Å². The summed E-state index contributed by atoms with van der Waals surface area (Å²) in [6, 6.07) is 5.71. The summed E-state index contributed by atoms with van der Waals surface area (Å²) in [7, 11) is 1.86. The lowest BCUT2D eigenvalue weighted by atomic mass is 10.1. The largest absolute Gasteiger partial charge is 0.487 e. The number of benzene rings is 1. The molecule has 0 spiro atoms. The second-order valence-corrected chi connectivity index (χ2v) is 5.07. The Hall–Kier alpha value is -1.52. The van der Waals surface area contributed by atoms with Gasteiger partial charge in [0.15, 0.2) is 0 Å². The van der Waals surface area contributed by atoms with Gasteiger partial charge in [-0.2, -0.15) is 5.10 Å². The van der Waals surface area contributed by atoms with E-state index in [2.05, 4.69) is 5.10 Å². The van der Waals surface area contributed by atoms with Crippen LogP contribution in [-0.4, -0.2) is 14.9 Å². The molecule has 0 aliphatic rings. The summed E-state index contributed by atoms with van der Waals surface area (Å²) in [6.45, 7) is 4.26. The molecule has 0 fully saturated rings. The van der Waals surface area contributed by atoms with Crippen molar-refractivity contribution in [2.45, 2.75) is 33.5 Å². The third-order valence-corrected chi connectivity index (χ3v) is 3.76. The molecule has 1 heterocycles. The summed E-state index contributed by atoms with van der Waals surface area (Å²) < 4.78 is 7.61. The van der Waals surface area contributed by atoms with Crippen LogP contribution in [0, 0.1) is 6.92 Å². The van der Waals surface area contributed by atoms with Crippen LogP contribution in [0.4, 0.5) is 0 Å². The van der Waals surface area contributed by atoms with Gasteiger partial charge in [-0.25, -0.2) is 0 Å². The Kier molecular flexibility index (Phi) is 4.68. The Morgan fingerprint density at radius 1 is 1.40 bits per heavy atom. The van der Waals surface area contributed by atoms with E-state index >= 15 is 0 Å². The molecule has 0 bridgehead atoms. The molecule has 0 unspecified atom stereocenters. The second kappa shape index (κ2) is 6.29. The fourth-order valence-electron chi connectivity index (χ4n) is 2.16. The first-order chi connectivity index (χ1) is 9.58. The topological polar surface area (TPSA) is 47.3 Å². The minimum atomic E-state index is -0.0453. The summed E-state index contributed by atoms with van der Waals surface area (Å²) in [5.41, 5.74) is 3.49. The van der Waals surface area contributed by atoms with Crippen LogP contribution in [0.25, 0.3) is 0 Å². The number of rotatable bonds is 5. The normalized spacial score (nSPS) is 10.8. The summed E-state index contributed by atoms with van der Waals surface area (Å²) >= 11 is 6.30. The fraction of sp³-hybridized carbons (Fsp3) is 0.400. The van der Waals surface area contributed by atoms with Gasteiger partial charge in [0, 0.05) is 12.6 Å². The Balaban J connectivity index is 2.23. The van der Waals surface area contributed by atoms with E-state index < -0.39 is 0 Å². The molecule has 4 nitrogen and oxygen atoms in total. The van der Waals surface area contributed by atoms with E-state index in [1.165, 1.54) is 0 Å². The van der Waals surface area contributed by atoms with Crippen molar-refractivity contribution in [2.24, 2.45) is 7.05 Å². The minimum Gasteiger partial charge on any atom is -0.487 e. The molecule has 2 rings (SSSR count). The highest BCUT2D eigenvalue weighted by atomic mass is 35.5. The zero-order chi connectivity index (χ0) is 14.7. The molecule has 1 aromatic heterocycles. The first-order valence-corrected chi connectivity index (χ1v) is 6.98. The van der Waals surface area contributed by atoms with Crippen LogP contribution in [0.15, 0.2) is 18.2 Å². The van der Waals surface area contributed by atoms with Crippen LogP contribution >= 0.6 is 11.6 Å². The molecular weight excluding hydrogens is 276 g/mol. The molecule has 0 amide bonds. The van der Waals surface area contributed by atoms with Crippen LogP contribution in [0.5, 0.6) is 5.75 Å². The Morgan fingerprint density at radius 2 is 2.15 bits per heavy atom. The van der Waals surface area contributed by atoms with Gasteiger partial charge in [-0.05, 0) is 18.9 Å².